The van der Waals surface area contributed by atoms with E-state index < -0.39 is 17.9 Å². The Labute approximate surface area is 136 Å². The summed E-state index contributed by atoms with van der Waals surface area (Å²) in [5.74, 6) is -0.940. The van der Waals surface area contributed by atoms with Crippen molar-refractivity contribution < 1.29 is 19.1 Å². The molecule has 122 valence electrons. The molecule has 2 N–H and O–H groups in total. The second-order valence-electron chi connectivity index (χ2n) is 4.89. The summed E-state index contributed by atoms with van der Waals surface area (Å²) in [5.41, 5.74) is 0.588. The summed E-state index contributed by atoms with van der Waals surface area (Å²) < 4.78 is 6.43. The molecule has 3 aromatic heterocycles. The molecule has 0 aliphatic heterocycles. The highest BCUT2D eigenvalue weighted by Crippen LogP contribution is 2.18. The third kappa shape index (κ3) is 3.14. The summed E-state index contributed by atoms with van der Waals surface area (Å²) >= 11 is 0. The molecule has 0 aliphatic rings. The summed E-state index contributed by atoms with van der Waals surface area (Å²) in [7, 11) is 0. The molecule has 1 atom stereocenters. The van der Waals surface area contributed by atoms with Gasteiger partial charge in [-0.1, -0.05) is 0 Å². The van der Waals surface area contributed by atoms with Crippen molar-refractivity contribution in [3.8, 4) is 11.5 Å². The van der Waals surface area contributed by atoms with Gasteiger partial charge in [0.1, 0.15) is 11.7 Å². The number of nitrogens with zero attached hydrogens (tertiary/aromatic N) is 4. The van der Waals surface area contributed by atoms with Crippen LogP contribution in [0.1, 0.15) is 23.5 Å². The molecule has 0 aromatic carbocycles. The lowest BCUT2D eigenvalue weighted by molar-refractivity contribution is -0.140. The molecule has 1 amide bonds. The van der Waals surface area contributed by atoms with Crippen molar-refractivity contribution in [1.29, 1.82) is 0 Å². The van der Waals surface area contributed by atoms with E-state index in [1.807, 2.05) is 0 Å². The summed E-state index contributed by atoms with van der Waals surface area (Å²) in [6.45, 7) is 1.47. The average Bonchev–Trinajstić information content (AvgIpc) is 3.26. The zero-order valence-corrected chi connectivity index (χ0v) is 12.6. The number of hydrogen-bond acceptors (Lipinski definition) is 6. The smallest absolute Gasteiger partial charge is 0.328 e. The Hall–Kier alpha value is -3.49. The lowest BCUT2D eigenvalue weighted by atomic mass is 10.3. The van der Waals surface area contributed by atoms with Gasteiger partial charge in [-0.3, -0.25) is 14.8 Å². The van der Waals surface area contributed by atoms with Crippen LogP contribution in [0, 0.1) is 0 Å². The van der Waals surface area contributed by atoms with E-state index in [2.05, 4.69) is 20.4 Å². The quantitative estimate of drug-likeness (QED) is 0.732. The number of aromatic nitrogens is 4. The third-order valence-electron chi connectivity index (χ3n) is 3.25. The maximum absolute atomic E-state index is 12.2. The number of carboxylic acids is 1. The van der Waals surface area contributed by atoms with Crippen molar-refractivity contribution in [3.63, 3.8) is 0 Å². The summed E-state index contributed by atoms with van der Waals surface area (Å²) in [6.07, 6.45) is 4.44. The second kappa shape index (κ2) is 6.32. The van der Waals surface area contributed by atoms with Gasteiger partial charge >= 0.3 is 5.97 Å². The van der Waals surface area contributed by atoms with Crippen LogP contribution in [0.4, 0.5) is 5.95 Å². The number of nitrogens with one attached hydrogen (secondary N) is 1. The number of carbonyl (C=O) groups is 2. The Morgan fingerprint density at radius 1 is 1.33 bits per heavy atom. The monoisotopic (exact) mass is 327 g/mol. The Morgan fingerprint density at radius 3 is 2.88 bits per heavy atom. The highest BCUT2D eigenvalue weighted by molar-refractivity contribution is 6.01. The van der Waals surface area contributed by atoms with Crippen LogP contribution in [0.2, 0.25) is 0 Å². The predicted molar refractivity (Wildman–Crippen MR) is 82.3 cm³/mol. The minimum Gasteiger partial charge on any atom is -0.480 e. The van der Waals surface area contributed by atoms with E-state index in [1.165, 1.54) is 36.3 Å². The Bertz CT molecular complexity index is 872. The predicted octanol–water partition coefficient (Wildman–Crippen LogP) is 1.83. The molecule has 3 rings (SSSR count). The number of carboxylic acid groups (broad SMARTS) is 1. The van der Waals surface area contributed by atoms with Crippen molar-refractivity contribution in [2.45, 2.75) is 13.0 Å². The molecular weight excluding hydrogens is 314 g/mol. The van der Waals surface area contributed by atoms with E-state index in [0.29, 0.717) is 11.5 Å². The van der Waals surface area contributed by atoms with Crippen molar-refractivity contribution >= 4 is 17.8 Å². The van der Waals surface area contributed by atoms with Crippen molar-refractivity contribution in [2.75, 3.05) is 5.32 Å². The number of carbonyl (C=O) groups excluding carboxylic acids is 1. The Kier molecular flexibility index (Phi) is 4.06. The van der Waals surface area contributed by atoms with Crippen LogP contribution in [0.15, 0.2) is 47.3 Å². The Balaban J connectivity index is 1.76. The minimum atomic E-state index is -1.04. The lowest BCUT2D eigenvalue weighted by Gasteiger charge is -2.06. The number of anilines is 1. The van der Waals surface area contributed by atoms with Gasteiger partial charge in [-0.15, -0.1) is 0 Å². The number of hydrogen-bond donors (Lipinski definition) is 2. The van der Waals surface area contributed by atoms with E-state index in [-0.39, 0.29) is 11.6 Å². The van der Waals surface area contributed by atoms with Crippen LogP contribution in [-0.2, 0) is 4.79 Å². The molecule has 0 aliphatic carbocycles. The fourth-order valence-corrected chi connectivity index (χ4v) is 1.93. The van der Waals surface area contributed by atoms with Crippen molar-refractivity contribution in [1.82, 2.24) is 19.7 Å². The highest BCUT2D eigenvalue weighted by Gasteiger charge is 2.17. The molecule has 0 radical (unpaired) electrons. The lowest BCUT2D eigenvalue weighted by Crippen LogP contribution is -2.19. The van der Waals surface area contributed by atoms with Gasteiger partial charge in [-0.25, -0.2) is 14.8 Å². The molecule has 0 saturated carbocycles. The molecule has 24 heavy (non-hydrogen) atoms. The Morgan fingerprint density at radius 2 is 2.17 bits per heavy atom. The maximum Gasteiger partial charge on any atom is 0.328 e. The largest absolute Gasteiger partial charge is 0.480 e. The van der Waals surface area contributed by atoms with Gasteiger partial charge in [0.25, 0.3) is 5.91 Å². The maximum atomic E-state index is 12.2. The van der Waals surface area contributed by atoms with Gasteiger partial charge in [0.2, 0.25) is 5.95 Å². The standard InChI is InChI=1S/C15H13N5O4/c1-9(14(22)23)20-7-5-11(19-20)13(21)18-15-16-6-4-10(17-15)12-3-2-8-24-12/h2-9H,1H3,(H,22,23)(H,16,17,18,21). The fourth-order valence-electron chi connectivity index (χ4n) is 1.93. The molecule has 3 heterocycles. The zero-order chi connectivity index (χ0) is 17.1. The first-order chi connectivity index (χ1) is 11.5. The zero-order valence-electron chi connectivity index (χ0n) is 12.6. The number of aliphatic carboxylic acids is 1. The number of furan rings is 1. The minimum absolute atomic E-state index is 0.0649. The summed E-state index contributed by atoms with van der Waals surface area (Å²) in [6, 6.07) is 5.67. The van der Waals surface area contributed by atoms with Crippen LogP contribution < -0.4 is 5.32 Å². The molecule has 0 saturated heterocycles. The van der Waals surface area contributed by atoms with Crippen molar-refractivity contribution in [2.24, 2.45) is 0 Å². The van der Waals surface area contributed by atoms with Gasteiger partial charge in [-0.05, 0) is 31.2 Å². The number of amides is 1. The molecule has 3 aromatic rings. The van der Waals surface area contributed by atoms with E-state index in [4.69, 9.17) is 9.52 Å². The van der Waals surface area contributed by atoms with Crippen LogP contribution in [0.25, 0.3) is 11.5 Å². The van der Waals surface area contributed by atoms with E-state index in [1.54, 1.807) is 18.2 Å². The fraction of sp³-hybridized carbons (Fsp3) is 0.133. The molecule has 9 heteroatoms. The highest BCUT2D eigenvalue weighted by atomic mass is 16.4. The third-order valence-corrected chi connectivity index (χ3v) is 3.25. The van der Waals surface area contributed by atoms with Gasteiger partial charge in [0.15, 0.2) is 11.5 Å². The first-order valence-corrected chi connectivity index (χ1v) is 7.01. The van der Waals surface area contributed by atoms with Gasteiger partial charge in [0.05, 0.1) is 6.26 Å². The molecule has 0 bridgehead atoms. The van der Waals surface area contributed by atoms with Crippen LogP contribution in [-0.4, -0.2) is 36.7 Å². The topological polar surface area (TPSA) is 123 Å². The van der Waals surface area contributed by atoms with Crippen molar-refractivity contribution in [3.05, 3.63) is 48.6 Å². The SMILES string of the molecule is CC(C(=O)O)n1ccc(C(=O)Nc2nccc(-c3ccco3)n2)n1. The first-order valence-electron chi connectivity index (χ1n) is 7.01. The normalized spacial score (nSPS) is 11.9. The molecular formula is C15H13N5O4. The average molecular weight is 327 g/mol. The van der Waals surface area contributed by atoms with Crippen LogP contribution in [0.3, 0.4) is 0 Å². The van der Waals surface area contributed by atoms with E-state index in [9.17, 15) is 9.59 Å². The summed E-state index contributed by atoms with van der Waals surface area (Å²) in [4.78, 5) is 31.3. The van der Waals surface area contributed by atoms with Gasteiger partial charge in [0, 0.05) is 12.4 Å². The molecule has 1 unspecified atom stereocenters. The number of rotatable bonds is 5. The molecule has 0 spiro atoms. The second-order valence-corrected chi connectivity index (χ2v) is 4.89. The summed E-state index contributed by atoms with van der Waals surface area (Å²) in [5, 5.41) is 15.4. The van der Waals surface area contributed by atoms with Gasteiger partial charge < -0.3 is 9.52 Å². The van der Waals surface area contributed by atoms with Gasteiger partial charge in [-0.2, -0.15) is 5.10 Å². The van der Waals surface area contributed by atoms with E-state index in [0.717, 1.165) is 0 Å². The first kappa shape index (κ1) is 15.4. The molecule has 9 nitrogen and oxygen atoms in total. The van der Waals surface area contributed by atoms with Crippen LogP contribution >= 0.6 is 0 Å². The molecule has 0 fully saturated rings. The van der Waals surface area contributed by atoms with E-state index >= 15 is 0 Å². The van der Waals surface area contributed by atoms with Crippen LogP contribution in [0.5, 0.6) is 0 Å².